The number of nitrogens with zero attached hydrogens (tertiary/aromatic N) is 6. The van der Waals surface area contributed by atoms with E-state index in [0.717, 1.165) is 50.0 Å². The number of anilines is 1. The molecule has 0 aliphatic carbocycles. The van der Waals surface area contributed by atoms with Crippen LogP contribution in [0.25, 0.3) is 10.7 Å². The van der Waals surface area contributed by atoms with Gasteiger partial charge in [0.2, 0.25) is 0 Å². The van der Waals surface area contributed by atoms with Crippen LogP contribution in [-0.4, -0.2) is 50.4 Å². The minimum atomic E-state index is 0.744. The summed E-state index contributed by atoms with van der Waals surface area (Å²) in [7, 11) is 0. The van der Waals surface area contributed by atoms with Gasteiger partial charge < -0.3 is 4.90 Å². The zero-order chi connectivity index (χ0) is 17.9. The number of aromatic nitrogens is 4. The summed E-state index contributed by atoms with van der Waals surface area (Å²) in [5, 5.41) is 6.90. The van der Waals surface area contributed by atoms with Crippen LogP contribution in [-0.2, 0) is 13.2 Å². The van der Waals surface area contributed by atoms with Crippen molar-refractivity contribution < 1.29 is 0 Å². The molecule has 3 aromatic rings. The first-order chi connectivity index (χ1) is 12.8. The third-order valence-corrected chi connectivity index (χ3v) is 6.01. The summed E-state index contributed by atoms with van der Waals surface area (Å²) in [6, 6.07) is 8.30. The van der Waals surface area contributed by atoms with Crippen LogP contribution >= 0.6 is 23.6 Å². The number of rotatable bonds is 5. The van der Waals surface area contributed by atoms with E-state index >= 15 is 0 Å². The molecule has 136 valence electrons. The molecule has 0 atom stereocenters. The molecule has 1 aliphatic heterocycles. The lowest BCUT2D eigenvalue weighted by molar-refractivity contribution is 0.194. The van der Waals surface area contributed by atoms with Crippen molar-refractivity contribution >= 4 is 29.2 Å². The first-order valence-corrected chi connectivity index (χ1v) is 10.1. The maximum absolute atomic E-state index is 5.68. The summed E-state index contributed by atoms with van der Waals surface area (Å²) >= 11 is 7.38. The molecule has 0 spiro atoms. The molecule has 0 radical (unpaired) electrons. The maximum Gasteiger partial charge on any atom is 0.199 e. The van der Waals surface area contributed by atoms with Crippen LogP contribution in [0.3, 0.4) is 0 Å². The summed E-state index contributed by atoms with van der Waals surface area (Å²) in [6.07, 6.45) is 3.70. The number of pyridine rings is 1. The third kappa shape index (κ3) is 3.44. The molecule has 0 aromatic carbocycles. The molecule has 0 bridgehead atoms. The summed E-state index contributed by atoms with van der Waals surface area (Å²) in [6.45, 7) is 7.70. The van der Waals surface area contributed by atoms with E-state index in [1.165, 1.54) is 10.6 Å². The van der Waals surface area contributed by atoms with E-state index in [1.54, 1.807) is 11.3 Å². The molecule has 4 heterocycles. The minimum absolute atomic E-state index is 0.744. The van der Waals surface area contributed by atoms with Crippen molar-refractivity contribution in [2.75, 3.05) is 31.1 Å². The average molecular weight is 387 g/mol. The Morgan fingerprint density at radius 1 is 1.12 bits per heavy atom. The van der Waals surface area contributed by atoms with Gasteiger partial charge in [0.25, 0.3) is 0 Å². The molecule has 26 heavy (non-hydrogen) atoms. The van der Waals surface area contributed by atoms with Gasteiger partial charge in [-0.25, -0.2) is 4.68 Å². The highest BCUT2D eigenvalue weighted by molar-refractivity contribution is 7.71. The number of hydrogen-bond acceptors (Lipinski definition) is 6. The average Bonchev–Trinajstić information content (AvgIpc) is 3.32. The van der Waals surface area contributed by atoms with Gasteiger partial charge in [0.05, 0.1) is 11.5 Å². The minimum Gasteiger partial charge on any atom is -0.369 e. The highest BCUT2D eigenvalue weighted by Crippen LogP contribution is 2.24. The predicted octanol–water partition coefficient (Wildman–Crippen LogP) is 3.34. The van der Waals surface area contributed by atoms with E-state index in [4.69, 9.17) is 17.3 Å². The Bertz CT molecular complexity index is 892. The zero-order valence-corrected chi connectivity index (χ0v) is 16.4. The van der Waals surface area contributed by atoms with Crippen LogP contribution in [0.1, 0.15) is 6.92 Å². The highest BCUT2D eigenvalue weighted by atomic mass is 32.1. The van der Waals surface area contributed by atoms with Crippen molar-refractivity contribution in [1.82, 2.24) is 24.2 Å². The summed E-state index contributed by atoms with van der Waals surface area (Å²) in [5.74, 6) is 0.975. The van der Waals surface area contributed by atoms with E-state index in [2.05, 4.69) is 55.9 Å². The normalized spacial score (nSPS) is 15.5. The van der Waals surface area contributed by atoms with E-state index in [9.17, 15) is 0 Å². The Morgan fingerprint density at radius 3 is 2.54 bits per heavy atom. The van der Waals surface area contributed by atoms with Gasteiger partial charge in [-0.2, -0.15) is 0 Å². The Labute approximate surface area is 162 Å². The summed E-state index contributed by atoms with van der Waals surface area (Å²) < 4.78 is 4.89. The first-order valence-electron chi connectivity index (χ1n) is 8.85. The standard InChI is InChI=1S/C18H22N6S2/c1-2-23-17(16-4-3-13-26-16)20-24(18(23)25)14-21-9-11-22(12-10-21)15-5-7-19-8-6-15/h3-8,13H,2,9-12,14H2,1H3. The Kier molecular flexibility index (Phi) is 5.14. The molecule has 1 fully saturated rings. The fourth-order valence-corrected chi connectivity index (χ4v) is 4.33. The van der Waals surface area contributed by atoms with Crippen molar-refractivity contribution in [3.8, 4) is 10.7 Å². The number of piperazine rings is 1. The van der Waals surface area contributed by atoms with E-state index in [0.29, 0.717) is 0 Å². The highest BCUT2D eigenvalue weighted by Gasteiger charge is 2.19. The van der Waals surface area contributed by atoms with Gasteiger partial charge in [0.1, 0.15) is 0 Å². The van der Waals surface area contributed by atoms with Crippen LogP contribution in [0.2, 0.25) is 0 Å². The SMILES string of the molecule is CCn1c(-c2cccs2)nn(CN2CCN(c3ccncc3)CC2)c1=S. The lowest BCUT2D eigenvalue weighted by Gasteiger charge is -2.35. The van der Waals surface area contributed by atoms with Gasteiger partial charge in [0.15, 0.2) is 10.6 Å². The van der Waals surface area contributed by atoms with Crippen molar-refractivity contribution in [2.45, 2.75) is 20.1 Å². The van der Waals surface area contributed by atoms with Crippen LogP contribution in [0.15, 0.2) is 42.0 Å². The van der Waals surface area contributed by atoms with Crippen LogP contribution in [0.5, 0.6) is 0 Å². The number of thiophene rings is 1. The van der Waals surface area contributed by atoms with Gasteiger partial charge in [-0.05, 0) is 42.7 Å². The second-order valence-electron chi connectivity index (χ2n) is 6.28. The summed E-state index contributed by atoms with van der Waals surface area (Å²) in [4.78, 5) is 10.1. The van der Waals surface area contributed by atoms with E-state index in [-0.39, 0.29) is 0 Å². The molecule has 0 unspecified atom stereocenters. The third-order valence-electron chi connectivity index (χ3n) is 4.71. The molecule has 0 saturated carbocycles. The van der Waals surface area contributed by atoms with E-state index in [1.807, 2.05) is 17.1 Å². The quantitative estimate of drug-likeness (QED) is 0.629. The second kappa shape index (κ2) is 7.69. The molecule has 3 aromatic heterocycles. The molecule has 4 rings (SSSR count). The van der Waals surface area contributed by atoms with Gasteiger partial charge >= 0.3 is 0 Å². The van der Waals surface area contributed by atoms with Crippen LogP contribution < -0.4 is 4.90 Å². The van der Waals surface area contributed by atoms with Crippen LogP contribution in [0, 0.1) is 4.77 Å². The predicted molar refractivity (Wildman–Crippen MR) is 108 cm³/mol. The van der Waals surface area contributed by atoms with Crippen LogP contribution in [0.4, 0.5) is 5.69 Å². The van der Waals surface area contributed by atoms with Gasteiger partial charge in [-0.15, -0.1) is 16.4 Å². The number of hydrogen-bond donors (Lipinski definition) is 0. The van der Waals surface area contributed by atoms with Gasteiger partial charge in [0, 0.05) is 50.8 Å². The molecular weight excluding hydrogens is 364 g/mol. The Hall–Kier alpha value is -2.03. The maximum atomic E-state index is 5.68. The largest absolute Gasteiger partial charge is 0.369 e. The molecular formula is C18H22N6S2. The van der Waals surface area contributed by atoms with Crippen molar-refractivity contribution in [2.24, 2.45) is 0 Å². The lowest BCUT2D eigenvalue weighted by Crippen LogP contribution is -2.47. The first kappa shape index (κ1) is 17.4. The molecule has 8 heteroatoms. The molecule has 1 aliphatic rings. The van der Waals surface area contributed by atoms with Gasteiger partial charge in [-0.1, -0.05) is 6.07 Å². The van der Waals surface area contributed by atoms with Crippen molar-refractivity contribution in [1.29, 1.82) is 0 Å². The molecule has 1 saturated heterocycles. The Morgan fingerprint density at radius 2 is 1.88 bits per heavy atom. The van der Waals surface area contributed by atoms with E-state index < -0.39 is 0 Å². The topological polar surface area (TPSA) is 42.1 Å². The fraction of sp³-hybridized carbons (Fsp3) is 0.389. The second-order valence-corrected chi connectivity index (χ2v) is 7.59. The monoisotopic (exact) mass is 386 g/mol. The summed E-state index contributed by atoms with van der Waals surface area (Å²) in [5.41, 5.74) is 1.24. The fourth-order valence-electron chi connectivity index (χ4n) is 3.30. The zero-order valence-electron chi connectivity index (χ0n) is 14.8. The molecule has 0 N–H and O–H groups in total. The molecule has 6 nitrogen and oxygen atoms in total. The Balaban J connectivity index is 1.46. The van der Waals surface area contributed by atoms with Crippen molar-refractivity contribution in [3.05, 3.63) is 46.8 Å². The molecule has 0 amide bonds. The van der Waals surface area contributed by atoms with Gasteiger partial charge in [-0.3, -0.25) is 14.5 Å². The van der Waals surface area contributed by atoms with Crippen molar-refractivity contribution in [3.63, 3.8) is 0 Å². The lowest BCUT2D eigenvalue weighted by atomic mass is 10.3. The smallest absolute Gasteiger partial charge is 0.199 e.